The van der Waals surface area contributed by atoms with Crippen LogP contribution in [0.4, 0.5) is 0 Å². The van der Waals surface area contributed by atoms with Gasteiger partial charge in [0.1, 0.15) is 11.5 Å². The molecule has 1 unspecified atom stereocenters. The molecule has 0 spiro atoms. The highest BCUT2D eigenvalue weighted by Gasteiger charge is 2.21. The van der Waals surface area contributed by atoms with E-state index in [-0.39, 0.29) is 0 Å². The van der Waals surface area contributed by atoms with Gasteiger partial charge in [0.25, 0.3) is 0 Å². The van der Waals surface area contributed by atoms with Crippen LogP contribution in [0, 0.1) is 6.92 Å². The molecule has 4 nitrogen and oxygen atoms in total. The Morgan fingerprint density at radius 2 is 2.26 bits per heavy atom. The molecule has 0 saturated carbocycles. The summed E-state index contributed by atoms with van der Waals surface area (Å²) < 4.78 is 11.2. The summed E-state index contributed by atoms with van der Waals surface area (Å²) in [5.74, 6) is 2.06. The Balaban J connectivity index is 1.92. The molecule has 108 valence electrons. The van der Waals surface area contributed by atoms with E-state index in [1.54, 1.807) is 0 Å². The van der Waals surface area contributed by atoms with Crippen LogP contribution < -0.4 is 5.32 Å². The van der Waals surface area contributed by atoms with Crippen molar-refractivity contribution in [3.05, 3.63) is 23.2 Å². The van der Waals surface area contributed by atoms with Crippen molar-refractivity contribution in [2.24, 2.45) is 0 Å². The maximum atomic E-state index is 5.81. The summed E-state index contributed by atoms with van der Waals surface area (Å²) in [5.41, 5.74) is 1.29. The molecule has 0 bridgehead atoms. The fraction of sp³-hybridized carbons (Fsp3) is 0.733. The van der Waals surface area contributed by atoms with Crippen LogP contribution in [0.15, 0.2) is 10.5 Å². The van der Waals surface area contributed by atoms with Crippen molar-refractivity contribution in [2.45, 2.75) is 52.4 Å². The highest BCUT2D eigenvalue weighted by molar-refractivity contribution is 5.20. The van der Waals surface area contributed by atoms with E-state index in [0.717, 1.165) is 44.2 Å². The van der Waals surface area contributed by atoms with E-state index in [4.69, 9.17) is 9.15 Å². The normalized spacial score (nSPS) is 19.8. The van der Waals surface area contributed by atoms with Gasteiger partial charge in [-0.25, -0.2) is 0 Å². The number of ether oxygens (including phenoxy) is 1. The van der Waals surface area contributed by atoms with Crippen molar-refractivity contribution in [3.8, 4) is 0 Å². The average molecular weight is 266 g/mol. The second-order valence-corrected chi connectivity index (χ2v) is 5.76. The minimum absolute atomic E-state index is 0.479. The second-order valence-electron chi connectivity index (χ2n) is 5.76. The molecule has 2 heterocycles. The molecule has 1 atom stereocenters. The highest BCUT2D eigenvalue weighted by atomic mass is 16.5. The molecular formula is C15H26N2O2. The van der Waals surface area contributed by atoms with Gasteiger partial charge in [-0.2, -0.15) is 0 Å². The van der Waals surface area contributed by atoms with Gasteiger partial charge >= 0.3 is 0 Å². The molecule has 1 aliphatic heterocycles. The zero-order chi connectivity index (χ0) is 13.8. The van der Waals surface area contributed by atoms with Gasteiger partial charge in [0.15, 0.2) is 0 Å². The molecule has 0 radical (unpaired) electrons. The third-order valence-corrected chi connectivity index (χ3v) is 3.70. The van der Waals surface area contributed by atoms with Gasteiger partial charge in [0.05, 0.1) is 13.2 Å². The van der Waals surface area contributed by atoms with Gasteiger partial charge in [0.2, 0.25) is 0 Å². The molecule has 4 heteroatoms. The summed E-state index contributed by atoms with van der Waals surface area (Å²) in [6.45, 7) is 9.82. The molecular weight excluding hydrogens is 240 g/mol. The standard InChI is InChI=1S/C15H26N2O2/c1-11(2)16-8-15-7-13(12(3)19-15)9-17(4)14-5-6-18-10-14/h7,11,14,16H,5-6,8-10H2,1-4H3. The largest absolute Gasteiger partial charge is 0.465 e. The minimum atomic E-state index is 0.479. The lowest BCUT2D eigenvalue weighted by molar-refractivity contribution is 0.156. The number of nitrogens with one attached hydrogen (secondary N) is 1. The topological polar surface area (TPSA) is 37.6 Å². The molecule has 0 amide bonds. The summed E-state index contributed by atoms with van der Waals surface area (Å²) in [6, 6.07) is 3.20. The van der Waals surface area contributed by atoms with Crippen molar-refractivity contribution in [1.29, 1.82) is 0 Å². The van der Waals surface area contributed by atoms with Crippen LogP contribution in [0.25, 0.3) is 0 Å². The minimum Gasteiger partial charge on any atom is -0.465 e. The average Bonchev–Trinajstić information content (AvgIpc) is 2.97. The van der Waals surface area contributed by atoms with Crippen molar-refractivity contribution in [2.75, 3.05) is 20.3 Å². The van der Waals surface area contributed by atoms with Crippen molar-refractivity contribution < 1.29 is 9.15 Å². The summed E-state index contributed by atoms with van der Waals surface area (Å²) >= 11 is 0. The van der Waals surface area contributed by atoms with Gasteiger partial charge in [-0.05, 0) is 26.5 Å². The molecule has 1 aliphatic rings. The van der Waals surface area contributed by atoms with Gasteiger partial charge in [-0.1, -0.05) is 13.8 Å². The highest BCUT2D eigenvalue weighted by Crippen LogP contribution is 2.19. The molecule has 1 N–H and O–H groups in total. The van der Waals surface area contributed by atoms with Crippen LogP contribution in [-0.2, 0) is 17.8 Å². The van der Waals surface area contributed by atoms with E-state index in [0.29, 0.717) is 12.1 Å². The quantitative estimate of drug-likeness (QED) is 0.857. The summed E-state index contributed by atoms with van der Waals surface area (Å²) in [6.07, 6.45) is 1.13. The molecule has 19 heavy (non-hydrogen) atoms. The lowest BCUT2D eigenvalue weighted by Gasteiger charge is -2.22. The van der Waals surface area contributed by atoms with Crippen LogP contribution in [0.2, 0.25) is 0 Å². The van der Waals surface area contributed by atoms with Gasteiger partial charge in [-0.15, -0.1) is 0 Å². The zero-order valence-electron chi connectivity index (χ0n) is 12.5. The lowest BCUT2D eigenvalue weighted by Crippen LogP contribution is -2.31. The van der Waals surface area contributed by atoms with Crippen molar-refractivity contribution >= 4 is 0 Å². The number of rotatable bonds is 6. The smallest absolute Gasteiger partial charge is 0.118 e. The Bertz CT molecular complexity index is 395. The van der Waals surface area contributed by atoms with E-state index in [1.807, 2.05) is 6.92 Å². The van der Waals surface area contributed by atoms with Crippen LogP contribution in [0.3, 0.4) is 0 Å². The molecule has 1 aromatic rings. The van der Waals surface area contributed by atoms with Crippen molar-refractivity contribution in [1.82, 2.24) is 10.2 Å². The predicted octanol–water partition coefficient (Wildman–Crippen LogP) is 2.31. The third-order valence-electron chi connectivity index (χ3n) is 3.70. The van der Waals surface area contributed by atoms with E-state index >= 15 is 0 Å². The Kier molecular flexibility index (Phi) is 5.02. The number of hydrogen-bond acceptors (Lipinski definition) is 4. The van der Waals surface area contributed by atoms with E-state index < -0.39 is 0 Å². The van der Waals surface area contributed by atoms with Crippen molar-refractivity contribution in [3.63, 3.8) is 0 Å². The van der Waals surface area contributed by atoms with Crippen LogP contribution in [-0.4, -0.2) is 37.2 Å². The van der Waals surface area contributed by atoms with Crippen LogP contribution in [0.1, 0.15) is 37.4 Å². The number of aryl methyl sites for hydroxylation is 1. The van der Waals surface area contributed by atoms with Gasteiger partial charge < -0.3 is 14.5 Å². The Morgan fingerprint density at radius 1 is 1.47 bits per heavy atom. The number of furan rings is 1. The molecule has 0 aliphatic carbocycles. The molecule has 2 rings (SSSR count). The first kappa shape index (κ1) is 14.6. The van der Waals surface area contributed by atoms with Gasteiger partial charge in [0, 0.05) is 30.8 Å². The molecule has 1 fully saturated rings. The summed E-state index contributed by atoms with van der Waals surface area (Å²) in [5, 5.41) is 3.38. The third kappa shape index (κ3) is 4.06. The first-order valence-corrected chi connectivity index (χ1v) is 7.16. The Hall–Kier alpha value is -0.840. The fourth-order valence-electron chi connectivity index (χ4n) is 2.40. The van der Waals surface area contributed by atoms with E-state index in [1.165, 1.54) is 5.56 Å². The SMILES string of the molecule is Cc1oc(CNC(C)C)cc1CN(C)C1CCOC1. The monoisotopic (exact) mass is 266 g/mol. The first-order chi connectivity index (χ1) is 9.06. The Labute approximate surface area is 116 Å². The molecule has 1 aromatic heterocycles. The van der Waals surface area contributed by atoms with E-state index in [2.05, 4.69) is 37.2 Å². The number of hydrogen-bond donors (Lipinski definition) is 1. The number of likely N-dealkylation sites (N-methyl/N-ethyl adjacent to an activating group) is 1. The predicted molar refractivity (Wildman–Crippen MR) is 76.1 cm³/mol. The maximum Gasteiger partial charge on any atom is 0.118 e. The zero-order valence-corrected chi connectivity index (χ0v) is 12.5. The molecule has 1 saturated heterocycles. The Morgan fingerprint density at radius 3 is 2.89 bits per heavy atom. The fourth-order valence-corrected chi connectivity index (χ4v) is 2.40. The van der Waals surface area contributed by atoms with E-state index in [9.17, 15) is 0 Å². The van der Waals surface area contributed by atoms with Crippen LogP contribution >= 0.6 is 0 Å². The van der Waals surface area contributed by atoms with Crippen LogP contribution in [0.5, 0.6) is 0 Å². The number of nitrogens with zero attached hydrogens (tertiary/aromatic N) is 1. The summed E-state index contributed by atoms with van der Waals surface area (Å²) in [7, 11) is 2.16. The first-order valence-electron chi connectivity index (χ1n) is 7.16. The maximum absolute atomic E-state index is 5.81. The summed E-state index contributed by atoms with van der Waals surface area (Å²) in [4.78, 5) is 2.37. The van der Waals surface area contributed by atoms with Gasteiger partial charge in [-0.3, -0.25) is 4.90 Å². The second kappa shape index (κ2) is 6.55. The molecule has 0 aromatic carbocycles. The lowest BCUT2D eigenvalue weighted by atomic mass is 10.2.